The highest BCUT2D eigenvalue weighted by molar-refractivity contribution is 6.31. The molecule has 0 aromatic heterocycles. The van der Waals surface area contributed by atoms with E-state index >= 15 is 0 Å². The van der Waals surface area contributed by atoms with Crippen LogP contribution in [0.3, 0.4) is 0 Å². The van der Waals surface area contributed by atoms with Crippen LogP contribution >= 0.6 is 11.6 Å². The van der Waals surface area contributed by atoms with Crippen molar-refractivity contribution in [2.45, 2.75) is 51.2 Å². The molecule has 24 heavy (non-hydrogen) atoms. The molecule has 0 bridgehead atoms. The highest BCUT2D eigenvalue weighted by Gasteiger charge is 2.27. The quantitative estimate of drug-likeness (QED) is 0.497. The standard InChI is InChI=1S/C16H19ClN2O5/c1-10(15(20)18-12-5-3-2-4-6-12)24-16(21)13-9-11(17)7-8-14(13)19(22)23/h7-10,12H,2-6H2,1H3,(H,18,20). The van der Waals surface area contributed by atoms with Gasteiger partial charge in [0.2, 0.25) is 0 Å². The van der Waals surface area contributed by atoms with Gasteiger partial charge in [-0.3, -0.25) is 14.9 Å². The molecule has 0 saturated heterocycles. The molecule has 1 saturated carbocycles. The second-order valence-electron chi connectivity index (χ2n) is 5.81. The predicted molar refractivity (Wildman–Crippen MR) is 88.0 cm³/mol. The van der Waals surface area contributed by atoms with E-state index in [1.807, 2.05) is 0 Å². The number of ether oxygens (including phenoxy) is 1. The highest BCUT2D eigenvalue weighted by Crippen LogP contribution is 2.24. The SMILES string of the molecule is CC(OC(=O)c1cc(Cl)ccc1[N+](=O)[O-])C(=O)NC1CCCCC1. The van der Waals surface area contributed by atoms with Gasteiger partial charge in [0.15, 0.2) is 6.10 Å². The normalized spacial score (nSPS) is 16.2. The third kappa shape index (κ3) is 4.67. The minimum Gasteiger partial charge on any atom is -0.449 e. The van der Waals surface area contributed by atoms with Crippen LogP contribution in [-0.2, 0) is 9.53 Å². The van der Waals surface area contributed by atoms with Crippen LogP contribution in [0.5, 0.6) is 0 Å². The summed E-state index contributed by atoms with van der Waals surface area (Å²) in [5.74, 6) is -1.35. The lowest BCUT2D eigenvalue weighted by atomic mass is 9.95. The largest absolute Gasteiger partial charge is 0.449 e. The van der Waals surface area contributed by atoms with Gasteiger partial charge in [0.05, 0.1) is 4.92 Å². The van der Waals surface area contributed by atoms with Crippen LogP contribution in [0, 0.1) is 10.1 Å². The molecular weight excluding hydrogens is 336 g/mol. The summed E-state index contributed by atoms with van der Waals surface area (Å²) in [5.41, 5.74) is -0.686. The van der Waals surface area contributed by atoms with E-state index in [9.17, 15) is 19.7 Å². The number of rotatable bonds is 5. The summed E-state index contributed by atoms with van der Waals surface area (Å²) in [7, 11) is 0. The number of carbonyl (C=O) groups excluding carboxylic acids is 2. The topological polar surface area (TPSA) is 98.5 Å². The first-order chi connectivity index (χ1) is 11.4. The number of nitro benzene ring substituents is 1. The van der Waals surface area contributed by atoms with Crippen LogP contribution < -0.4 is 5.32 Å². The maximum Gasteiger partial charge on any atom is 0.345 e. The van der Waals surface area contributed by atoms with Gasteiger partial charge in [0.25, 0.3) is 11.6 Å². The Hall–Kier alpha value is -2.15. The summed E-state index contributed by atoms with van der Waals surface area (Å²) >= 11 is 5.78. The van der Waals surface area contributed by atoms with Gasteiger partial charge in [0, 0.05) is 17.1 Å². The van der Waals surface area contributed by atoms with Crippen molar-refractivity contribution < 1.29 is 19.2 Å². The molecule has 7 nitrogen and oxygen atoms in total. The van der Waals surface area contributed by atoms with Gasteiger partial charge in [-0.05, 0) is 31.9 Å². The second kappa shape index (κ2) is 8.10. The molecule has 1 aliphatic carbocycles. The first kappa shape index (κ1) is 18.2. The number of hydrogen-bond donors (Lipinski definition) is 1. The minimum atomic E-state index is -1.04. The summed E-state index contributed by atoms with van der Waals surface area (Å²) in [6.07, 6.45) is 4.06. The first-order valence-electron chi connectivity index (χ1n) is 7.84. The number of hydrogen-bond acceptors (Lipinski definition) is 5. The zero-order valence-corrected chi connectivity index (χ0v) is 14.0. The van der Waals surface area contributed by atoms with Crippen molar-refractivity contribution in [2.75, 3.05) is 0 Å². The number of carbonyl (C=O) groups is 2. The number of nitro groups is 1. The molecule has 2 rings (SSSR count). The first-order valence-corrected chi connectivity index (χ1v) is 8.21. The average Bonchev–Trinajstić information content (AvgIpc) is 2.55. The fourth-order valence-corrected chi connectivity index (χ4v) is 2.85. The Balaban J connectivity index is 2.01. The number of amides is 1. The number of halogens is 1. The van der Waals surface area contributed by atoms with Crippen molar-refractivity contribution in [1.82, 2.24) is 5.32 Å². The summed E-state index contributed by atoms with van der Waals surface area (Å²) in [4.78, 5) is 34.6. The molecule has 0 spiro atoms. The Kier molecular flexibility index (Phi) is 6.14. The molecule has 1 amide bonds. The molecule has 1 N–H and O–H groups in total. The van der Waals surface area contributed by atoms with Crippen LogP contribution in [0.4, 0.5) is 5.69 Å². The maximum absolute atomic E-state index is 12.2. The van der Waals surface area contributed by atoms with E-state index in [1.54, 1.807) is 0 Å². The third-order valence-corrected chi connectivity index (χ3v) is 4.21. The fourth-order valence-electron chi connectivity index (χ4n) is 2.67. The van der Waals surface area contributed by atoms with E-state index in [0.717, 1.165) is 44.2 Å². The molecule has 0 radical (unpaired) electrons. The van der Waals surface area contributed by atoms with E-state index in [-0.39, 0.29) is 16.6 Å². The van der Waals surface area contributed by atoms with Gasteiger partial charge in [-0.1, -0.05) is 30.9 Å². The van der Waals surface area contributed by atoms with Gasteiger partial charge >= 0.3 is 5.97 Å². The Labute approximate surface area is 144 Å². The van der Waals surface area contributed by atoms with Crippen LogP contribution in [-0.4, -0.2) is 28.9 Å². The van der Waals surface area contributed by atoms with E-state index < -0.39 is 28.6 Å². The van der Waals surface area contributed by atoms with E-state index in [4.69, 9.17) is 16.3 Å². The van der Waals surface area contributed by atoms with E-state index in [1.165, 1.54) is 13.0 Å². The summed E-state index contributed by atoms with van der Waals surface area (Å²) in [5, 5.41) is 14.0. The average molecular weight is 355 g/mol. The third-order valence-electron chi connectivity index (χ3n) is 3.98. The molecule has 1 unspecified atom stereocenters. The van der Waals surface area contributed by atoms with Gasteiger partial charge in [-0.2, -0.15) is 0 Å². The van der Waals surface area contributed by atoms with E-state index in [2.05, 4.69) is 5.32 Å². The molecule has 1 atom stereocenters. The van der Waals surface area contributed by atoms with E-state index in [0.29, 0.717) is 0 Å². The lowest BCUT2D eigenvalue weighted by Crippen LogP contribution is -2.42. The number of nitrogens with zero attached hydrogens (tertiary/aromatic N) is 1. The Bertz CT molecular complexity index is 643. The Morgan fingerprint density at radius 1 is 1.33 bits per heavy atom. The number of nitrogens with one attached hydrogen (secondary N) is 1. The Morgan fingerprint density at radius 2 is 2.00 bits per heavy atom. The van der Waals surface area contributed by atoms with Gasteiger partial charge < -0.3 is 10.1 Å². The van der Waals surface area contributed by atoms with Crippen LogP contribution in [0.2, 0.25) is 5.02 Å². The van der Waals surface area contributed by atoms with Crippen molar-refractivity contribution in [2.24, 2.45) is 0 Å². The maximum atomic E-state index is 12.2. The monoisotopic (exact) mass is 354 g/mol. The number of esters is 1. The zero-order chi connectivity index (χ0) is 17.7. The molecule has 0 heterocycles. The predicted octanol–water partition coefficient (Wildman–Crippen LogP) is 3.24. The van der Waals surface area contributed by atoms with Crippen molar-refractivity contribution in [3.63, 3.8) is 0 Å². The van der Waals surface area contributed by atoms with Crippen molar-refractivity contribution in [1.29, 1.82) is 0 Å². The smallest absolute Gasteiger partial charge is 0.345 e. The lowest BCUT2D eigenvalue weighted by molar-refractivity contribution is -0.385. The Morgan fingerprint density at radius 3 is 2.62 bits per heavy atom. The number of benzene rings is 1. The molecule has 0 aliphatic heterocycles. The molecular formula is C16H19ClN2O5. The van der Waals surface area contributed by atoms with Gasteiger partial charge in [-0.15, -0.1) is 0 Å². The molecule has 1 aromatic rings. The zero-order valence-electron chi connectivity index (χ0n) is 13.3. The van der Waals surface area contributed by atoms with Gasteiger partial charge in [-0.25, -0.2) is 4.79 Å². The fraction of sp³-hybridized carbons (Fsp3) is 0.500. The van der Waals surface area contributed by atoms with Crippen LogP contribution in [0.15, 0.2) is 18.2 Å². The summed E-state index contributed by atoms with van der Waals surface area (Å²) in [6.45, 7) is 1.44. The molecule has 8 heteroatoms. The van der Waals surface area contributed by atoms with Crippen LogP contribution in [0.1, 0.15) is 49.4 Å². The molecule has 1 aliphatic rings. The highest BCUT2D eigenvalue weighted by atomic mass is 35.5. The summed E-state index contributed by atoms with van der Waals surface area (Å²) < 4.78 is 5.07. The molecule has 130 valence electrons. The lowest BCUT2D eigenvalue weighted by Gasteiger charge is -2.24. The van der Waals surface area contributed by atoms with Crippen molar-refractivity contribution >= 4 is 29.2 Å². The molecule has 1 fully saturated rings. The van der Waals surface area contributed by atoms with Crippen LogP contribution in [0.25, 0.3) is 0 Å². The van der Waals surface area contributed by atoms with Crippen molar-refractivity contribution in [3.05, 3.63) is 38.9 Å². The van der Waals surface area contributed by atoms with Gasteiger partial charge in [0.1, 0.15) is 5.56 Å². The van der Waals surface area contributed by atoms with Crippen molar-refractivity contribution in [3.8, 4) is 0 Å². The summed E-state index contributed by atoms with van der Waals surface area (Å²) in [6, 6.07) is 3.70. The molecule has 1 aromatic carbocycles. The minimum absolute atomic E-state index is 0.0907. The second-order valence-corrected chi connectivity index (χ2v) is 6.25.